The summed E-state index contributed by atoms with van der Waals surface area (Å²) < 4.78 is 7.52. The Morgan fingerprint density at radius 3 is 2.57 bits per heavy atom. The number of hydrogen-bond donors (Lipinski definition) is 1. The maximum atomic E-state index is 12.8. The number of carbonyl (C=O) groups excluding carboxylic acids is 1. The molecule has 1 amide bonds. The number of aromatic nitrogens is 3. The highest BCUT2D eigenvalue weighted by molar-refractivity contribution is 5.94. The fourth-order valence-electron chi connectivity index (χ4n) is 5.97. The van der Waals surface area contributed by atoms with Crippen molar-refractivity contribution in [2.45, 2.75) is 44.6 Å². The number of nitrogens with one attached hydrogen (secondary N) is 1. The molecule has 0 radical (unpaired) electrons. The molecule has 4 heterocycles. The molecular formula is C29H36N6O2. The Hall–Kier alpha value is -3.39. The van der Waals surface area contributed by atoms with Crippen molar-refractivity contribution in [1.29, 1.82) is 0 Å². The molecule has 37 heavy (non-hydrogen) atoms. The molecule has 1 N–H and O–H groups in total. The van der Waals surface area contributed by atoms with Gasteiger partial charge in [-0.1, -0.05) is 0 Å². The van der Waals surface area contributed by atoms with Gasteiger partial charge >= 0.3 is 0 Å². The molecule has 0 bridgehead atoms. The monoisotopic (exact) mass is 500 g/mol. The van der Waals surface area contributed by atoms with Crippen molar-refractivity contribution in [2.75, 3.05) is 44.2 Å². The third-order valence-electron chi connectivity index (χ3n) is 8.21. The van der Waals surface area contributed by atoms with E-state index in [9.17, 15) is 4.79 Å². The number of ether oxygens (including phenoxy) is 1. The lowest BCUT2D eigenvalue weighted by Crippen LogP contribution is -2.47. The van der Waals surface area contributed by atoms with Gasteiger partial charge in [-0.05, 0) is 81.0 Å². The van der Waals surface area contributed by atoms with Gasteiger partial charge in [-0.3, -0.25) is 9.69 Å². The van der Waals surface area contributed by atoms with Crippen LogP contribution >= 0.6 is 0 Å². The quantitative estimate of drug-likeness (QED) is 0.533. The lowest BCUT2D eigenvalue weighted by atomic mass is 9.84. The van der Waals surface area contributed by atoms with Crippen LogP contribution in [0.4, 0.5) is 5.82 Å². The molecule has 2 fully saturated rings. The number of amides is 1. The second kappa shape index (κ2) is 10.9. The van der Waals surface area contributed by atoms with Gasteiger partial charge in [0.05, 0.1) is 12.3 Å². The molecule has 0 spiro atoms. The Morgan fingerprint density at radius 1 is 1.00 bits per heavy atom. The summed E-state index contributed by atoms with van der Waals surface area (Å²) in [5, 5.41) is 7.50. The van der Waals surface area contributed by atoms with E-state index in [0.717, 1.165) is 75.2 Å². The van der Waals surface area contributed by atoms with Crippen molar-refractivity contribution in [3.63, 3.8) is 0 Å². The van der Waals surface area contributed by atoms with Crippen LogP contribution in [0.1, 0.15) is 48.0 Å². The van der Waals surface area contributed by atoms with Gasteiger partial charge in [-0.15, -0.1) is 0 Å². The number of rotatable bonds is 7. The number of hydrogen-bond acceptors (Lipinski definition) is 6. The first-order valence-corrected chi connectivity index (χ1v) is 13.7. The van der Waals surface area contributed by atoms with Crippen LogP contribution in [0.25, 0.3) is 5.69 Å². The molecule has 2 aromatic heterocycles. The molecule has 8 nitrogen and oxygen atoms in total. The number of carbonyl (C=O) groups is 1. The zero-order chi connectivity index (χ0) is 25.0. The predicted octanol–water partition coefficient (Wildman–Crippen LogP) is 3.70. The Labute approximate surface area is 218 Å². The van der Waals surface area contributed by atoms with E-state index in [-0.39, 0.29) is 11.9 Å². The minimum atomic E-state index is 0.0263. The molecule has 194 valence electrons. The van der Waals surface area contributed by atoms with Crippen molar-refractivity contribution in [3.8, 4) is 11.4 Å². The van der Waals surface area contributed by atoms with Crippen molar-refractivity contribution in [2.24, 2.45) is 5.92 Å². The summed E-state index contributed by atoms with van der Waals surface area (Å²) in [5.74, 6) is 2.93. The smallest absolute Gasteiger partial charge is 0.251 e. The minimum Gasteiger partial charge on any atom is -0.493 e. The molecular weight excluding hydrogens is 464 g/mol. The molecule has 3 aliphatic rings. The number of fused-ring (bicyclic) bond motifs is 1. The molecule has 0 unspecified atom stereocenters. The molecule has 8 heteroatoms. The van der Waals surface area contributed by atoms with Gasteiger partial charge in [0.25, 0.3) is 5.91 Å². The summed E-state index contributed by atoms with van der Waals surface area (Å²) in [6.45, 7) is 6.20. The Kier molecular flexibility index (Phi) is 7.08. The Balaban J connectivity index is 0.910. The number of nitrogens with zero attached hydrogens (tertiary/aromatic N) is 5. The van der Waals surface area contributed by atoms with Crippen LogP contribution in [-0.2, 0) is 6.42 Å². The average Bonchev–Trinajstić information content (AvgIpc) is 3.66. The molecule has 1 saturated carbocycles. The zero-order valence-corrected chi connectivity index (χ0v) is 21.4. The van der Waals surface area contributed by atoms with Crippen LogP contribution in [0.5, 0.6) is 5.75 Å². The summed E-state index contributed by atoms with van der Waals surface area (Å²) >= 11 is 0. The van der Waals surface area contributed by atoms with Crippen molar-refractivity contribution in [3.05, 3.63) is 66.1 Å². The second-order valence-electron chi connectivity index (χ2n) is 10.5. The van der Waals surface area contributed by atoms with E-state index >= 15 is 0 Å². The molecule has 1 aliphatic carbocycles. The highest BCUT2D eigenvalue weighted by Crippen LogP contribution is 2.32. The van der Waals surface area contributed by atoms with Crippen LogP contribution in [0, 0.1) is 5.92 Å². The van der Waals surface area contributed by atoms with Gasteiger partial charge < -0.3 is 15.0 Å². The van der Waals surface area contributed by atoms with E-state index in [1.807, 2.05) is 48.8 Å². The summed E-state index contributed by atoms with van der Waals surface area (Å²) in [5.41, 5.74) is 2.95. The largest absolute Gasteiger partial charge is 0.493 e. The predicted molar refractivity (Wildman–Crippen MR) is 143 cm³/mol. The number of piperazine rings is 1. The first kappa shape index (κ1) is 24.0. The first-order chi connectivity index (χ1) is 18.2. The summed E-state index contributed by atoms with van der Waals surface area (Å²) in [7, 11) is 0. The fourth-order valence-corrected chi connectivity index (χ4v) is 5.97. The third kappa shape index (κ3) is 5.49. The molecule has 1 aromatic carbocycles. The minimum absolute atomic E-state index is 0.0263. The molecule has 3 aromatic rings. The van der Waals surface area contributed by atoms with Gasteiger partial charge in [0.2, 0.25) is 0 Å². The van der Waals surface area contributed by atoms with E-state index in [2.05, 4.69) is 25.2 Å². The summed E-state index contributed by atoms with van der Waals surface area (Å²) in [6.07, 6.45) is 12.3. The Bertz CT molecular complexity index is 1180. The van der Waals surface area contributed by atoms with Crippen LogP contribution in [0.2, 0.25) is 0 Å². The maximum absolute atomic E-state index is 12.8. The van der Waals surface area contributed by atoms with Gasteiger partial charge in [0.15, 0.2) is 0 Å². The lowest BCUT2D eigenvalue weighted by Gasteiger charge is -2.37. The van der Waals surface area contributed by atoms with Crippen molar-refractivity contribution >= 4 is 11.7 Å². The van der Waals surface area contributed by atoms with Crippen LogP contribution in [-0.4, -0.2) is 70.9 Å². The third-order valence-corrected chi connectivity index (χ3v) is 8.21. The first-order valence-electron chi connectivity index (χ1n) is 13.7. The highest BCUT2D eigenvalue weighted by atomic mass is 16.5. The fraction of sp³-hybridized carbons (Fsp3) is 0.483. The molecule has 6 rings (SSSR count). The maximum Gasteiger partial charge on any atom is 0.251 e. The summed E-state index contributed by atoms with van der Waals surface area (Å²) in [6, 6.07) is 11.8. The van der Waals surface area contributed by atoms with Gasteiger partial charge in [0.1, 0.15) is 11.6 Å². The standard InChI is InChI=1S/C29H36N6O2/c36-29(23-4-8-25(9-5-23)35-15-1-13-31-35)32-24-6-2-22(3-7-24)11-16-33-17-19-34(20-18-33)28-26-12-21-37-27(26)10-14-30-28/h1,4-5,8-10,13-15,22,24H,2-3,6-7,11-12,16-21H2,(H,32,36). The number of benzene rings is 1. The lowest BCUT2D eigenvalue weighted by molar-refractivity contribution is 0.0919. The molecule has 0 atom stereocenters. The van der Waals surface area contributed by atoms with Gasteiger partial charge in [-0.2, -0.15) is 5.10 Å². The van der Waals surface area contributed by atoms with Crippen molar-refractivity contribution < 1.29 is 9.53 Å². The highest BCUT2D eigenvalue weighted by Gasteiger charge is 2.26. The average molecular weight is 501 g/mol. The number of anilines is 1. The van der Waals surface area contributed by atoms with Crippen LogP contribution < -0.4 is 15.0 Å². The van der Waals surface area contributed by atoms with Gasteiger partial charge in [-0.25, -0.2) is 9.67 Å². The normalized spacial score (nSPS) is 21.9. The molecule has 2 aliphatic heterocycles. The SMILES string of the molecule is O=C(NC1CCC(CCN2CCN(c3nccc4c3CCO4)CC2)CC1)c1ccc(-n2cccn2)cc1. The molecule has 1 saturated heterocycles. The van der Waals surface area contributed by atoms with Crippen LogP contribution in [0.15, 0.2) is 55.0 Å². The van der Waals surface area contributed by atoms with E-state index in [4.69, 9.17) is 4.74 Å². The van der Waals surface area contributed by atoms with E-state index in [1.54, 1.807) is 10.9 Å². The zero-order valence-electron chi connectivity index (χ0n) is 21.4. The Morgan fingerprint density at radius 2 is 1.81 bits per heavy atom. The van der Waals surface area contributed by atoms with Crippen molar-refractivity contribution in [1.82, 2.24) is 25.0 Å². The van der Waals surface area contributed by atoms with Crippen LogP contribution in [0.3, 0.4) is 0 Å². The second-order valence-corrected chi connectivity index (χ2v) is 10.5. The van der Waals surface area contributed by atoms with E-state index < -0.39 is 0 Å². The van der Waals surface area contributed by atoms with Gasteiger partial charge in [0, 0.05) is 68.4 Å². The topological polar surface area (TPSA) is 75.5 Å². The van der Waals surface area contributed by atoms with E-state index in [0.29, 0.717) is 5.56 Å². The number of pyridine rings is 1. The summed E-state index contributed by atoms with van der Waals surface area (Å²) in [4.78, 5) is 22.5. The van der Waals surface area contributed by atoms with E-state index in [1.165, 1.54) is 31.4 Å².